The van der Waals surface area contributed by atoms with Gasteiger partial charge in [-0.2, -0.15) is 0 Å². The molecule has 4 heteroatoms. The lowest BCUT2D eigenvalue weighted by Crippen LogP contribution is -2.31. The van der Waals surface area contributed by atoms with Crippen molar-refractivity contribution >= 4 is 5.97 Å². The molecule has 100 valence electrons. The number of hydrogen-bond donors (Lipinski definition) is 0. The average molecular weight is 251 g/mol. The van der Waals surface area contributed by atoms with Crippen LogP contribution in [0.3, 0.4) is 0 Å². The van der Waals surface area contributed by atoms with E-state index in [0.29, 0.717) is 13.1 Å². The number of benzene rings is 1. The minimum Gasteiger partial charge on any atom is -0.496 e. The zero-order chi connectivity index (χ0) is 13.4. The highest BCUT2D eigenvalue weighted by atomic mass is 16.5. The van der Waals surface area contributed by atoms with Gasteiger partial charge in [0, 0.05) is 12.1 Å². The smallest absolute Gasteiger partial charge is 0.319 e. The molecule has 0 radical (unpaired) electrons. The van der Waals surface area contributed by atoms with Crippen LogP contribution in [-0.4, -0.2) is 38.2 Å². The van der Waals surface area contributed by atoms with Gasteiger partial charge in [0.25, 0.3) is 0 Å². The first-order valence-corrected chi connectivity index (χ1v) is 6.12. The highest BCUT2D eigenvalue weighted by molar-refractivity contribution is 5.71. The van der Waals surface area contributed by atoms with E-state index in [1.165, 1.54) is 7.11 Å². The topological polar surface area (TPSA) is 38.8 Å². The van der Waals surface area contributed by atoms with E-state index in [-0.39, 0.29) is 5.97 Å². The van der Waals surface area contributed by atoms with Gasteiger partial charge < -0.3 is 9.47 Å². The molecule has 0 saturated heterocycles. The number of esters is 1. The molecule has 0 aliphatic heterocycles. The summed E-state index contributed by atoms with van der Waals surface area (Å²) in [6.07, 6.45) is 0.992. The van der Waals surface area contributed by atoms with Gasteiger partial charge in [0.05, 0.1) is 20.8 Å². The van der Waals surface area contributed by atoms with Crippen LogP contribution in [0.4, 0.5) is 0 Å². The predicted molar refractivity (Wildman–Crippen MR) is 70.6 cm³/mol. The SMILES string of the molecule is CCCN(CC(=O)OC)Cc1ccccc1OC. The molecule has 0 saturated carbocycles. The summed E-state index contributed by atoms with van der Waals surface area (Å²) in [5.41, 5.74) is 1.08. The molecule has 1 aromatic rings. The van der Waals surface area contributed by atoms with Crippen molar-refractivity contribution in [3.8, 4) is 5.75 Å². The van der Waals surface area contributed by atoms with Gasteiger partial charge in [0.1, 0.15) is 5.75 Å². The van der Waals surface area contributed by atoms with Gasteiger partial charge in [-0.1, -0.05) is 25.1 Å². The summed E-state index contributed by atoms with van der Waals surface area (Å²) >= 11 is 0. The molecule has 0 fully saturated rings. The Bertz CT molecular complexity index is 379. The highest BCUT2D eigenvalue weighted by Crippen LogP contribution is 2.19. The summed E-state index contributed by atoms with van der Waals surface area (Å²) in [5, 5.41) is 0. The molecule has 0 atom stereocenters. The molecule has 0 aromatic heterocycles. The van der Waals surface area contributed by atoms with Crippen LogP contribution in [0.25, 0.3) is 0 Å². The maximum atomic E-state index is 11.3. The normalized spacial score (nSPS) is 10.4. The molecule has 0 unspecified atom stereocenters. The third-order valence-electron chi connectivity index (χ3n) is 2.71. The van der Waals surface area contributed by atoms with Crippen molar-refractivity contribution in [3.05, 3.63) is 29.8 Å². The highest BCUT2D eigenvalue weighted by Gasteiger charge is 2.12. The van der Waals surface area contributed by atoms with E-state index < -0.39 is 0 Å². The van der Waals surface area contributed by atoms with Gasteiger partial charge in [-0.15, -0.1) is 0 Å². The third kappa shape index (κ3) is 4.37. The van der Waals surface area contributed by atoms with Crippen LogP contribution in [0.15, 0.2) is 24.3 Å². The number of carbonyl (C=O) groups is 1. The number of carbonyl (C=O) groups excluding carboxylic acids is 1. The molecular weight excluding hydrogens is 230 g/mol. The maximum absolute atomic E-state index is 11.3. The molecule has 0 N–H and O–H groups in total. The van der Waals surface area contributed by atoms with E-state index in [2.05, 4.69) is 11.8 Å². The predicted octanol–water partition coefficient (Wildman–Crippen LogP) is 2.08. The van der Waals surface area contributed by atoms with Crippen LogP contribution < -0.4 is 4.74 Å². The summed E-state index contributed by atoms with van der Waals surface area (Å²) in [6.45, 7) is 3.94. The fourth-order valence-electron chi connectivity index (χ4n) is 1.85. The number of nitrogens with zero attached hydrogens (tertiary/aromatic N) is 1. The summed E-state index contributed by atoms with van der Waals surface area (Å²) in [6, 6.07) is 7.85. The Morgan fingerprint density at radius 1 is 1.28 bits per heavy atom. The van der Waals surface area contributed by atoms with Crippen molar-refractivity contribution in [2.45, 2.75) is 19.9 Å². The van der Waals surface area contributed by atoms with Crippen molar-refractivity contribution in [2.24, 2.45) is 0 Å². The molecule has 0 spiro atoms. The van der Waals surface area contributed by atoms with E-state index >= 15 is 0 Å². The zero-order valence-electron chi connectivity index (χ0n) is 11.3. The lowest BCUT2D eigenvalue weighted by Gasteiger charge is -2.21. The van der Waals surface area contributed by atoms with Crippen molar-refractivity contribution in [1.82, 2.24) is 4.90 Å². The summed E-state index contributed by atoms with van der Waals surface area (Å²) in [7, 11) is 3.07. The van der Waals surface area contributed by atoms with Gasteiger partial charge in [-0.3, -0.25) is 9.69 Å². The van der Waals surface area contributed by atoms with E-state index in [4.69, 9.17) is 9.47 Å². The molecule has 1 rings (SSSR count). The largest absolute Gasteiger partial charge is 0.496 e. The van der Waals surface area contributed by atoms with Gasteiger partial charge >= 0.3 is 5.97 Å². The fraction of sp³-hybridized carbons (Fsp3) is 0.500. The minimum absolute atomic E-state index is 0.210. The van der Waals surface area contributed by atoms with E-state index in [1.54, 1.807) is 7.11 Å². The van der Waals surface area contributed by atoms with Crippen molar-refractivity contribution in [3.63, 3.8) is 0 Å². The molecule has 0 amide bonds. The van der Waals surface area contributed by atoms with Crippen molar-refractivity contribution in [1.29, 1.82) is 0 Å². The second kappa shape index (κ2) is 7.71. The van der Waals surface area contributed by atoms with Crippen LogP contribution in [0.1, 0.15) is 18.9 Å². The molecule has 4 nitrogen and oxygen atoms in total. The molecule has 18 heavy (non-hydrogen) atoms. The van der Waals surface area contributed by atoms with Crippen LogP contribution in [0.5, 0.6) is 5.75 Å². The maximum Gasteiger partial charge on any atom is 0.319 e. The Kier molecular flexibility index (Phi) is 6.22. The number of para-hydroxylation sites is 1. The Labute approximate surface area is 108 Å². The van der Waals surface area contributed by atoms with Crippen molar-refractivity contribution in [2.75, 3.05) is 27.3 Å². The van der Waals surface area contributed by atoms with E-state index in [9.17, 15) is 4.79 Å². The minimum atomic E-state index is -0.210. The monoisotopic (exact) mass is 251 g/mol. The first-order valence-electron chi connectivity index (χ1n) is 6.12. The Balaban J connectivity index is 2.72. The number of rotatable bonds is 7. The lowest BCUT2D eigenvalue weighted by molar-refractivity contribution is -0.142. The third-order valence-corrected chi connectivity index (χ3v) is 2.71. The van der Waals surface area contributed by atoms with E-state index in [1.807, 2.05) is 24.3 Å². The molecule has 1 aromatic carbocycles. The first kappa shape index (κ1) is 14.5. The van der Waals surface area contributed by atoms with Crippen LogP contribution >= 0.6 is 0 Å². The number of hydrogen-bond acceptors (Lipinski definition) is 4. The lowest BCUT2D eigenvalue weighted by atomic mass is 10.2. The Morgan fingerprint density at radius 2 is 2.00 bits per heavy atom. The quantitative estimate of drug-likeness (QED) is 0.695. The van der Waals surface area contributed by atoms with Gasteiger partial charge in [-0.05, 0) is 19.0 Å². The molecule has 0 aliphatic carbocycles. The summed E-state index contributed by atoms with van der Waals surface area (Å²) in [4.78, 5) is 13.4. The average Bonchev–Trinajstić information content (AvgIpc) is 2.39. The first-order chi connectivity index (χ1) is 8.71. The van der Waals surface area contributed by atoms with Crippen molar-refractivity contribution < 1.29 is 14.3 Å². The van der Waals surface area contributed by atoms with Crippen LogP contribution in [-0.2, 0) is 16.1 Å². The van der Waals surface area contributed by atoms with E-state index in [0.717, 1.165) is 24.3 Å². The molecule has 0 heterocycles. The molecule has 0 bridgehead atoms. The molecule has 0 aliphatic rings. The van der Waals surface area contributed by atoms with Crippen LogP contribution in [0, 0.1) is 0 Å². The zero-order valence-corrected chi connectivity index (χ0v) is 11.3. The number of ether oxygens (including phenoxy) is 2. The Morgan fingerprint density at radius 3 is 2.61 bits per heavy atom. The second-order valence-corrected chi connectivity index (χ2v) is 4.10. The standard InChI is InChI=1S/C14H21NO3/c1-4-9-15(11-14(16)18-3)10-12-7-5-6-8-13(12)17-2/h5-8H,4,9-11H2,1-3H3. The number of methoxy groups -OCH3 is 2. The summed E-state index contributed by atoms with van der Waals surface area (Å²) < 4.78 is 10.0. The second-order valence-electron chi connectivity index (χ2n) is 4.10. The van der Waals surface area contributed by atoms with Gasteiger partial charge in [0.2, 0.25) is 0 Å². The molecular formula is C14H21NO3. The van der Waals surface area contributed by atoms with Gasteiger partial charge in [-0.25, -0.2) is 0 Å². The van der Waals surface area contributed by atoms with Crippen LogP contribution in [0.2, 0.25) is 0 Å². The fourth-order valence-corrected chi connectivity index (χ4v) is 1.85. The summed E-state index contributed by atoms with van der Waals surface area (Å²) in [5.74, 6) is 0.641. The van der Waals surface area contributed by atoms with Gasteiger partial charge in [0.15, 0.2) is 0 Å². The Hall–Kier alpha value is -1.55.